The van der Waals surface area contributed by atoms with Crippen LogP contribution in [0.4, 0.5) is 0 Å². The van der Waals surface area contributed by atoms with Gasteiger partial charge in [-0.2, -0.15) is 0 Å². The van der Waals surface area contributed by atoms with Crippen LogP contribution in [0.1, 0.15) is 62.5 Å². The fourth-order valence-corrected chi connectivity index (χ4v) is 3.71. The van der Waals surface area contributed by atoms with Crippen LogP contribution in [0, 0.1) is 5.92 Å². The number of ether oxygens (including phenoxy) is 2. The molecule has 0 amide bonds. The maximum Gasteiger partial charge on any atom is 0.157 e. The smallest absolute Gasteiger partial charge is 0.157 e. The van der Waals surface area contributed by atoms with Crippen molar-refractivity contribution in [2.75, 3.05) is 14.2 Å². The third kappa shape index (κ3) is 2.23. The fourth-order valence-electron chi connectivity index (χ4n) is 3.71. The molecule has 2 rings (SSSR count). The summed E-state index contributed by atoms with van der Waals surface area (Å²) >= 11 is 0. The zero-order valence-corrected chi connectivity index (χ0v) is 14.2. The van der Waals surface area contributed by atoms with Crippen molar-refractivity contribution in [3.05, 3.63) is 22.8 Å². The summed E-state index contributed by atoms with van der Waals surface area (Å²) in [6.45, 7) is 11.2. The predicted molar refractivity (Wildman–Crippen MR) is 84.8 cm³/mol. The van der Waals surface area contributed by atoms with Gasteiger partial charge in [0.15, 0.2) is 6.29 Å². The third-order valence-electron chi connectivity index (χ3n) is 5.24. The topological polar surface area (TPSA) is 35.5 Å². The molecule has 1 aliphatic rings. The van der Waals surface area contributed by atoms with E-state index < -0.39 is 0 Å². The number of benzene rings is 1. The number of carbonyl (C=O) groups excluding carboxylic acids is 1. The van der Waals surface area contributed by atoms with Crippen LogP contribution in [0.15, 0.2) is 6.07 Å². The Morgan fingerprint density at radius 2 is 1.81 bits per heavy atom. The SMILES string of the molecule is COc1cc2c(c(OC)c1C=O)C(C)(C)CC(C)C2(C)C. The molecule has 3 nitrogen and oxygen atoms in total. The summed E-state index contributed by atoms with van der Waals surface area (Å²) in [6.07, 6.45) is 1.90. The number of aldehydes is 1. The molecule has 1 atom stereocenters. The maximum absolute atomic E-state index is 11.5. The van der Waals surface area contributed by atoms with Gasteiger partial charge in [-0.15, -0.1) is 0 Å². The quantitative estimate of drug-likeness (QED) is 0.786. The van der Waals surface area contributed by atoms with Gasteiger partial charge in [-0.1, -0.05) is 34.6 Å². The lowest BCUT2D eigenvalue weighted by molar-refractivity contribution is 0.111. The van der Waals surface area contributed by atoms with E-state index in [1.54, 1.807) is 14.2 Å². The Hall–Kier alpha value is -1.51. The van der Waals surface area contributed by atoms with Crippen LogP contribution in [0.3, 0.4) is 0 Å². The van der Waals surface area contributed by atoms with Crippen LogP contribution < -0.4 is 9.47 Å². The normalized spacial score (nSPS) is 22.3. The highest BCUT2D eigenvalue weighted by Crippen LogP contribution is 2.54. The van der Waals surface area contributed by atoms with Crippen molar-refractivity contribution in [1.29, 1.82) is 0 Å². The second kappa shape index (κ2) is 5.04. The number of carbonyl (C=O) groups is 1. The molecule has 1 aliphatic carbocycles. The number of methoxy groups -OCH3 is 2. The molecule has 0 fully saturated rings. The molecule has 116 valence electrons. The largest absolute Gasteiger partial charge is 0.496 e. The Morgan fingerprint density at radius 1 is 1.19 bits per heavy atom. The molecular weight excluding hydrogens is 264 g/mol. The molecule has 1 unspecified atom stereocenters. The first kappa shape index (κ1) is 15.9. The first-order valence-corrected chi connectivity index (χ1v) is 7.45. The first-order valence-electron chi connectivity index (χ1n) is 7.45. The lowest BCUT2D eigenvalue weighted by atomic mass is 9.58. The van der Waals surface area contributed by atoms with Gasteiger partial charge in [0.25, 0.3) is 0 Å². The minimum absolute atomic E-state index is 0.0207. The van der Waals surface area contributed by atoms with E-state index in [0.717, 1.165) is 18.3 Å². The van der Waals surface area contributed by atoms with Gasteiger partial charge >= 0.3 is 0 Å². The number of hydrogen-bond acceptors (Lipinski definition) is 3. The highest BCUT2D eigenvalue weighted by atomic mass is 16.5. The van der Waals surface area contributed by atoms with Crippen molar-refractivity contribution in [2.45, 2.75) is 51.9 Å². The van der Waals surface area contributed by atoms with Crippen LogP contribution in [-0.4, -0.2) is 20.5 Å². The molecule has 1 aromatic rings. The maximum atomic E-state index is 11.5. The molecule has 0 saturated heterocycles. The van der Waals surface area contributed by atoms with Crippen LogP contribution in [0.25, 0.3) is 0 Å². The molecular formula is C18H26O3. The number of hydrogen-bond donors (Lipinski definition) is 0. The van der Waals surface area contributed by atoms with Crippen molar-refractivity contribution < 1.29 is 14.3 Å². The molecule has 0 N–H and O–H groups in total. The van der Waals surface area contributed by atoms with Gasteiger partial charge in [0.2, 0.25) is 0 Å². The average Bonchev–Trinajstić information content (AvgIpc) is 2.42. The lowest BCUT2D eigenvalue weighted by Gasteiger charge is -2.47. The second-order valence-corrected chi connectivity index (χ2v) is 7.28. The van der Waals surface area contributed by atoms with E-state index in [4.69, 9.17) is 9.47 Å². The van der Waals surface area contributed by atoms with Crippen LogP contribution in [-0.2, 0) is 10.8 Å². The Morgan fingerprint density at radius 3 is 2.29 bits per heavy atom. The summed E-state index contributed by atoms with van der Waals surface area (Å²) in [5, 5.41) is 0. The summed E-state index contributed by atoms with van der Waals surface area (Å²) < 4.78 is 11.1. The Kier molecular flexibility index (Phi) is 3.81. The highest BCUT2D eigenvalue weighted by Gasteiger charge is 2.45. The summed E-state index contributed by atoms with van der Waals surface area (Å²) in [5.74, 6) is 1.80. The minimum Gasteiger partial charge on any atom is -0.496 e. The minimum atomic E-state index is -0.0281. The molecule has 3 heteroatoms. The zero-order valence-electron chi connectivity index (χ0n) is 14.2. The van der Waals surface area contributed by atoms with Gasteiger partial charge in [0, 0.05) is 5.56 Å². The molecule has 0 spiro atoms. The monoisotopic (exact) mass is 290 g/mol. The summed E-state index contributed by atoms with van der Waals surface area (Å²) in [7, 11) is 3.22. The van der Waals surface area contributed by atoms with Crippen LogP contribution in [0.5, 0.6) is 11.5 Å². The van der Waals surface area contributed by atoms with Gasteiger partial charge < -0.3 is 9.47 Å². The van der Waals surface area contributed by atoms with E-state index in [1.165, 1.54) is 5.56 Å². The molecule has 0 aromatic heterocycles. The molecule has 0 saturated carbocycles. The molecule has 1 aromatic carbocycles. The molecule has 0 aliphatic heterocycles. The predicted octanol–water partition coefficient (Wildman–Crippen LogP) is 4.11. The van der Waals surface area contributed by atoms with Crippen molar-refractivity contribution >= 4 is 6.29 Å². The van der Waals surface area contributed by atoms with Crippen molar-refractivity contribution in [2.24, 2.45) is 5.92 Å². The van der Waals surface area contributed by atoms with Crippen molar-refractivity contribution in [3.8, 4) is 11.5 Å². The van der Waals surface area contributed by atoms with E-state index in [0.29, 0.717) is 23.0 Å². The molecule has 0 radical (unpaired) electrons. The van der Waals surface area contributed by atoms with E-state index in [9.17, 15) is 4.79 Å². The average molecular weight is 290 g/mol. The first-order chi connectivity index (χ1) is 9.70. The standard InChI is InChI=1S/C18H26O3/c1-11-9-17(2,3)15-13(18(11,4)5)8-14(20-6)12(10-19)16(15)21-7/h8,10-11H,9H2,1-7H3. The van der Waals surface area contributed by atoms with Gasteiger partial charge in [0.1, 0.15) is 11.5 Å². The second-order valence-electron chi connectivity index (χ2n) is 7.28. The van der Waals surface area contributed by atoms with Crippen molar-refractivity contribution in [3.63, 3.8) is 0 Å². The Balaban J connectivity index is 2.91. The van der Waals surface area contributed by atoms with Crippen LogP contribution >= 0.6 is 0 Å². The van der Waals surface area contributed by atoms with Gasteiger partial charge in [-0.25, -0.2) is 0 Å². The molecule has 0 bridgehead atoms. The molecule has 21 heavy (non-hydrogen) atoms. The highest BCUT2D eigenvalue weighted by molar-refractivity contribution is 5.86. The summed E-state index contributed by atoms with van der Waals surface area (Å²) in [5.41, 5.74) is 2.88. The van der Waals surface area contributed by atoms with E-state index in [1.807, 2.05) is 6.07 Å². The van der Waals surface area contributed by atoms with E-state index in [-0.39, 0.29) is 10.8 Å². The Bertz CT molecular complexity index is 570. The number of fused-ring (bicyclic) bond motifs is 1. The third-order valence-corrected chi connectivity index (χ3v) is 5.24. The van der Waals surface area contributed by atoms with E-state index >= 15 is 0 Å². The summed E-state index contributed by atoms with van der Waals surface area (Å²) in [6, 6.07) is 2.03. The van der Waals surface area contributed by atoms with Gasteiger partial charge in [-0.05, 0) is 34.8 Å². The number of rotatable bonds is 3. The van der Waals surface area contributed by atoms with E-state index in [2.05, 4.69) is 34.6 Å². The summed E-state index contributed by atoms with van der Waals surface area (Å²) in [4.78, 5) is 11.5. The fraction of sp³-hybridized carbons (Fsp3) is 0.611. The lowest BCUT2D eigenvalue weighted by Crippen LogP contribution is -2.40. The Labute approximate surface area is 127 Å². The zero-order chi connectivity index (χ0) is 16.0. The molecule has 0 heterocycles. The van der Waals surface area contributed by atoms with Gasteiger partial charge in [0.05, 0.1) is 19.8 Å². The van der Waals surface area contributed by atoms with Crippen molar-refractivity contribution in [1.82, 2.24) is 0 Å². The van der Waals surface area contributed by atoms with Gasteiger partial charge in [-0.3, -0.25) is 4.79 Å². The van der Waals surface area contributed by atoms with Crippen LogP contribution in [0.2, 0.25) is 0 Å².